The highest BCUT2D eigenvalue weighted by Gasteiger charge is 2.07. The summed E-state index contributed by atoms with van der Waals surface area (Å²) < 4.78 is 0. The lowest BCUT2D eigenvalue weighted by molar-refractivity contribution is -0.112. The Kier molecular flexibility index (Phi) is 3.99. The first-order valence-electron chi connectivity index (χ1n) is 4.12. The van der Waals surface area contributed by atoms with Crippen LogP contribution in [0.5, 0.6) is 0 Å². The Hall–Kier alpha value is -0.800. The first kappa shape index (κ1) is 10.3. The van der Waals surface area contributed by atoms with Gasteiger partial charge in [0.15, 0.2) is 5.12 Å². The Morgan fingerprint density at radius 2 is 2.00 bits per heavy atom. The first-order valence-corrected chi connectivity index (χ1v) is 4.57. The molecule has 1 rings (SSSR count). The van der Waals surface area contributed by atoms with Crippen molar-refractivity contribution in [2.75, 3.05) is 0 Å². The maximum Gasteiger partial charge on any atom is 0.188 e. The summed E-state index contributed by atoms with van der Waals surface area (Å²) in [7, 11) is 0. The topological polar surface area (TPSA) is 37.3 Å². The summed E-state index contributed by atoms with van der Waals surface area (Å²) in [6, 6.07) is 9.58. The second kappa shape index (κ2) is 5.04. The van der Waals surface area contributed by atoms with Gasteiger partial charge in [-0.2, -0.15) is 0 Å². The lowest BCUT2D eigenvalue weighted by atomic mass is 10.1. The number of carbonyl (C=O) groups excluding carboxylic acids is 1. The quantitative estimate of drug-likeness (QED) is 0.715. The summed E-state index contributed by atoms with van der Waals surface area (Å²) in [5.74, 6) is 0. The molecule has 0 amide bonds. The van der Waals surface area contributed by atoms with Crippen molar-refractivity contribution in [2.24, 2.45) is 0 Å². The maximum atomic E-state index is 10.5. The molecular formula is C10H12O2S. The van der Waals surface area contributed by atoms with Gasteiger partial charge in [-0.3, -0.25) is 4.79 Å². The van der Waals surface area contributed by atoms with Crippen LogP contribution in [0.2, 0.25) is 0 Å². The normalized spacial score (nSPS) is 12.5. The third-order valence-electron chi connectivity index (χ3n) is 1.72. The first-order chi connectivity index (χ1) is 6.18. The molecule has 1 atom stereocenters. The van der Waals surface area contributed by atoms with Crippen LogP contribution in [0.3, 0.4) is 0 Å². The van der Waals surface area contributed by atoms with Crippen molar-refractivity contribution in [2.45, 2.75) is 18.9 Å². The van der Waals surface area contributed by atoms with Crippen molar-refractivity contribution in [3.8, 4) is 0 Å². The molecule has 1 unspecified atom stereocenters. The average molecular weight is 196 g/mol. The minimum atomic E-state index is -0.618. The molecule has 0 aliphatic heterocycles. The number of rotatable bonds is 4. The van der Waals surface area contributed by atoms with E-state index >= 15 is 0 Å². The van der Waals surface area contributed by atoms with Crippen molar-refractivity contribution >= 4 is 17.7 Å². The number of aliphatic hydroxyl groups is 1. The van der Waals surface area contributed by atoms with Crippen molar-refractivity contribution in [1.82, 2.24) is 0 Å². The number of hydrogen-bond donors (Lipinski definition) is 2. The summed E-state index contributed by atoms with van der Waals surface area (Å²) in [5.41, 5.74) is 1.03. The van der Waals surface area contributed by atoms with E-state index in [1.807, 2.05) is 30.3 Å². The van der Waals surface area contributed by atoms with E-state index < -0.39 is 6.10 Å². The Balaban J connectivity index is 2.45. The van der Waals surface area contributed by atoms with Gasteiger partial charge in [0, 0.05) is 6.42 Å². The smallest absolute Gasteiger partial charge is 0.188 e. The molecule has 3 heteroatoms. The van der Waals surface area contributed by atoms with E-state index in [1.54, 1.807) is 0 Å². The van der Waals surface area contributed by atoms with Gasteiger partial charge >= 0.3 is 0 Å². The molecule has 0 aromatic heterocycles. The summed E-state index contributed by atoms with van der Waals surface area (Å²) in [4.78, 5) is 10.5. The van der Waals surface area contributed by atoms with Crippen LogP contribution in [0.4, 0.5) is 0 Å². The lowest BCUT2D eigenvalue weighted by Gasteiger charge is -2.07. The fraction of sp³-hybridized carbons (Fsp3) is 0.300. The van der Waals surface area contributed by atoms with Gasteiger partial charge in [0.25, 0.3) is 0 Å². The van der Waals surface area contributed by atoms with Gasteiger partial charge in [-0.05, 0) is 12.0 Å². The Morgan fingerprint density at radius 3 is 2.54 bits per heavy atom. The zero-order chi connectivity index (χ0) is 9.68. The third kappa shape index (κ3) is 4.10. The van der Waals surface area contributed by atoms with Crippen LogP contribution < -0.4 is 0 Å². The fourth-order valence-electron chi connectivity index (χ4n) is 1.16. The average Bonchev–Trinajstić information content (AvgIpc) is 2.04. The van der Waals surface area contributed by atoms with Crippen molar-refractivity contribution in [1.29, 1.82) is 0 Å². The lowest BCUT2D eigenvalue weighted by Crippen LogP contribution is -2.13. The molecule has 70 valence electrons. The van der Waals surface area contributed by atoms with Gasteiger partial charge in [0.05, 0.1) is 6.10 Å². The van der Waals surface area contributed by atoms with Crippen LogP contribution in [-0.4, -0.2) is 16.3 Å². The van der Waals surface area contributed by atoms with Crippen LogP contribution in [0.15, 0.2) is 30.3 Å². The molecule has 1 aromatic carbocycles. The maximum absolute atomic E-state index is 10.5. The molecule has 0 spiro atoms. The van der Waals surface area contributed by atoms with Crippen molar-refractivity contribution in [3.63, 3.8) is 0 Å². The molecule has 0 saturated heterocycles. The van der Waals surface area contributed by atoms with Crippen molar-refractivity contribution in [3.05, 3.63) is 35.9 Å². The predicted octanol–water partition coefficient (Wildman–Crippen LogP) is 1.44. The molecule has 1 aromatic rings. The van der Waals surface area contributed by atoms with Gasteiger partial charge < -0.3 is 5.11 Å². The Labute approximate surface area is 83.0 Å². The van der Waals surface area contributed by atoms with Crippen LogP contribution in [0, 0.1) is 0 Å². The monoisotopic (exact) mass is 196 g/mol. The largest absolute Gasteiger partial charge is 0.392 e. The summed E-state index contributed by atoms with van der Waals surface area (Å²) in [6.07, 6.45) is -0.00193. The molecule has 0 saturated carbocycles. The Bertz CT molecular complexity index is 272. The highest BCUT2D eigenvalue weighted by atomic mass is 32.1. The number of thiol groups is 1. The molecular weight excluding hydrogens is 184 g/mol. The highest BCUT2D eigenvalue weighted by Crippen LogP contribution is 2.06. The van der Waals surface area contributed by atoms with Gasteiger partial charge in [0.1, 0.15) is 0 Å². The third-order valence-corrected chi connectivity index (χ3v) is 1.91. The van der Waals surface area contributed by atoms with E-state index in [-0.39, 0.29) is 11.5 Å². The molecule has 0 bridgehead atoms. The van der Waals surface area contributed by atoms with E-state index in [2.05, 4.69) is 12.6 Å². The zero-order valence-corrected chi connectivity index (χ0v) is 8.08. The van der Waals surface area contributed by atoms with E-state index in [0.717, 1.165) is 5.56 Å². The molecule has 1 N–H and O–H groups in total. The van der Waals surface area contributed by atoms with Gasteiger partial charge in [-0.15, -0.1) is 12.6 Å². The van der Waals surface area contributed by atoms with Gasteiger partial charge in [0.2, 0.25) is 0 Å². The number of benzene rings is 1. The summed E-state index contributed by atoms with van der Waals surface area (Å²) in [5, 5.41) is 9.13. The minimum absolute atomic E-state index is 0.109. The molecule has 2 nitrogen and oxygen atoms in total. The van der Waals surface area contributed by atoms with Crippen LogP contribution >= 0.6 is 12.6 Å². The Morgan fingerprint density at radius 1 is 1.38 bits per heavy atom. The standard InChI is InChI=1S/C10H12O2S/c11-9(7-10(12)13)6-8-4-2-1-3-5-8/h1-5,9,11H,6-7H2,(H,12,13). The van der Waals surface area contributed by atoms with Crippen molar-refractivity contribution < 1.29 is 9.90 Å². The van der Waals surface area contributed by atoms with E-state index in [4.69, 9.17) is 0 Å². The van der Waals surface area contributed by atoms with E-state index in [0.29, 0.717) is 6.42 Å². The fourth-order valence-corrected chi connectivity index (χ4v) is 1.37. The molecule has 0 radical (unpaired) electrons. The number of carbonyl (C=O) groups is 1. The zero-order valence-electron chi connectivity index (χ0n) is 7.18. The minimum Gasteiger partial charge on any atom is -0.392 e. The molecule has 0 aliphatic rings. The van der Waals surface area contributed by atoms with E-state index in [1.165, 1.54) is 0 Å². The second-order valence-electron chi connectivity index (χ2n) is 2.94. The number of aliphatic hydroxyl groups excluding tert-OH is 1. The SMILES string of the molecule is O=C(S)CC(O)Cc1ccccc1. The molecule has 0 aliphatic carbocycles. The van der Waals surface area contributed by atoms with Crippen LogP contribution in [0.1, 0.15) is 12.0 Å². The second-order valence-corrected chi connectivity index (χ2v) is 3.44. The summed E-state index contributed by atoms with van der Waals surface area (Å²) in [6.45, 7) is 0. The molecule has 13 heavy (non-hydrogen) atoms. The van der Waals surface area contributed by atoms with Gasteiger partial charge in [-0.1, -0.05) is 30.3 Å². The van der Waals surface area contributed by atoms with Crippen LogP contribution in [-0.2, 0) is 11.2 Å². The highest BCUT2D eigenvalue weighted by molar-refractivity contribution is 7.96. The molecule has 0 fully saturated rings. The summed E-state index contributed by atoms with van der Waals surface area (Å²) >= 11 is 3.60. The van der Waals surface area contributed by atoms with E-state index in [9.17, 15) is 9.90 Å². The van der Waals surface area contributed by atoms with Crippen LogP contribution in [0.25, 0.3) is 0 Å². The number of hydrogen-bond acceptors (Lipinski definition) is 2. The molecule has 0 heterocycles. The predicted molar refractivity (Wildman–Crippen MR) is 54.8 cm³/mol. The van der Waals surface area contributed by atoms with Gasteiger partial charge in [-0.25, -0.2) is 0 Å².